The number of carbonyl (C=O) groups excluding carboxylic acids is 1. The van der Waals surface area contributed by atoms with Crippen molar-refractivity contribution in [2.45, 2.75) is 25.8 Å². The molecule has 4 nitrogen and oxygen atoms in total. The Morgan fingerprint density at radius 2 is 2.24 bits per heavy atom. The molecule has 1 atom stereocenters. The number of thioether (sulfide) groups is 1. The maximum absolute atomic E-state index is 13.0. The summed E-state index contributed by atoms with van der Waals surface area (Å²) in [5, 5.41) is 2.73. The minimum Gasteiger partial charge on any atom is -0.396 e. The van der Waals surface area contributed by atoms with Gasteiger partial charge in [0.05, 0.1) is 5.69 Å². The molecule has 1 rings (SSSR count). The molecule has 1 unspecified atom stereocenters. The second-order valence-electron chi connectivity index (χ2n) is 5.15. The van der Waals surface area contributed by atoms with Gasteiger partial charge in [-0.05, 0) is 50.6 Å². The molecule has 6 heteroatoms. The van der Waals surface area contributed by atoms with Crippen LogP contribution in [0.15, 0.2) is 18.2 Å². The fraction of sp³-hybridized carbons (Fsp3) is 0.533. The third-order valence-corrected chi connectivity index (χ3v) is 4.11. The van der Waals surface area contributed by atoms with Gasteiger partial charge in [0.25, 0.3) is 0 Å². The number of hydrogen-bond donors (Lipinski definition) is 2. The zero-order valence-corrected chi connectivity index (χ0v) is 13.7. The number of nitrogens with two attached hydrogens (primary N) is 1. The minimum atomic E-state index is -0.477. The van der Waals surface area contributed by atoms with E-state index >= 15 is 0 Å². The average molecular weight is 313 g/mol. The van der Waals surface area contributed by atoms with Crippen LogP contribution in [-0.4, -0.2) is 42.4 Å². The van der Waals surface area contributed by atoms with Crippen molar-refractivity contribution in [3.8, 4) is 0 Å². The lowest BCUT2D eigenvalue weighted by Gasteiger charge is -2.24. The summed E-state index contributed by atoms with van der Waals surface area (Å²) >= 11 is 1.83. The maximum atomic E-state index is 13.0. The predicted octanol–water partition coefficient (Wildman–Crippen LogP) is 2.81. The van der Waals surface area contributed by atoms with Crippen LogP contribution in [0.5, 0.6) is 0 Å². The predicted molar refractivity (Wildman–Crippen MR) is 89.2 cm³/mol. The van der Waals surface area contributed by atoms with Gasteiger partial charge in [0.2, 0.25) is 5.91 Å². The van der Waals surface area contributed by atoms with Crippen LogP contribution in [0.1, 0.15) is 19.8 Å². The zero-order chi connectivity index (χ0) is 15.8. The second kappa shape index (κ2) is 8.89. The molecule has 0 spiro atoms. The number of rotatable bonds is 8. The molecule has 0 bridgehead atoms. The Morgan fingerprint density at radius 1 is 1.52 bits per heavy atom. The van der Waals surface area contributed by atoms with E-state index in [-0.39, 0.29) is 11.6 Å². The fourth-order valence-electron chi connectivity index (χ4n) is 1.85. The van der Waals surface area contributed by atoms with Crippen molar-refractivity contribution < 1.29 is 9.18 Å². The molecule has 0 saturated heterocycles. The van der Waals surface area contributed by atoms with E-state index in [1.807, 2.05) is 18.8 Å². The maximum Gasteiger partial charge on any atom is 0.225 e. The number of anilines is 2. The number of benzene rings is 1. The van der Waals surface area contributed by atoms with Crippen molar-refractivity contribution in [2.75, 3.05) is 36.7 Å². The monoisotopic (exact) mass is 313 g/mol. The molecule has 0 fully saturated rings. The lowest BCUT2D eigenvalue weighted by atomic mass is 10.2. The van der Waals surface area contributed by atoms with Gasteiger partial charge in [0.1, 0.15) is 5.82 Å². The highest BCUT2D eigenvalue weighted by Crippen LogP contribution is 2.16. The first-order valence-corrected chi connectivity index (χ1v) is 8.37. The second-order valence-corrected chi connectivity index (χ2v) is 6.13. The molecule has 1 aromatic carbocycles. The largest absolute Gasteiger partial charge is 0.396 e. The lowest BCUT2D eigenvalue weighted by molar-refractivity contribution is -0.116. The summed E-state index contributed by atoms with van der Waals surface area (Å²) in [6.45, 7) is 2.85. The van der Waals surface area contributed by atoms with E-state index in [0.29, 0.717) is 24.7 Å². The van der Waals surface area contributed by atoms with Crippen LogP contribution in [0, 0.1) is 5.82 Å². The summed E-state index contributed by atoms with van der Waals surface area (Å²) in [6, 6.07) is 4.64. The normalized spacial score (nSPS) is 12.4. The van der Waals surface area contributed by atoms with Crippen LogP contribution in [0.4, 0.5) is 15.8 Å². The molecule has 3 N–H and O–H groups in total. The number of nitrogens with zero attached hydrogens (tertiary/aromatic N) is 1. The van der Waals surface area contributed by atoms with E-state index in [2.05, 4.69) is 23.4 Å². The minimum absolute atomic E-state index is 0.0376. The Bertz CT molecular complexity index is 470. The molecule has 0 aliphatic heterocycles. The van der Waals surface area contributed by atoms with Crippen molar-refractivity contribution in [1.29, 1.82) is 0 Å². The molecular formula is C15H24FN3OS. The van der Waals surface area contributed by atoms with Gasteiger partial charge < -0.3 is 16.0 Å². The summed E-state index contributed by atoms with van der Waals surface area (Å²) in [5.41, 5.74) is 6.03. The summed E-state index contributed by atoms with van der Waals surface area (Å²) in [5.74, 6) is 0.548. The Hall–Kier alpha value is -1.27. The molecule has 0 aromatic heterocycles. The van der Waals surface area contributed by atoms with Crippen LogP contribution >= 0.6 is 11.8 Å². The van der Waals surface area contributed by atoms with Gasteiger partial charge >= 0.3 is 0 Å². The number of hydrogen-bond acceptors (Lipinski definition) is 4. The molecule has 1 amide bonds. The average Bonchev–Trinajstić information content (AvgIpc) is 2.46. The number of amides is 1. The van der Waals surface area contributed by atoms with Crippen molar-refractivity contribution in [2.24, 2.45) is 0 Å². The highest BCUT2D eigenvalue weighted by molar-refractivity contribution is 7.98. The van der Waals surface area contributed by atoms with Gasteiger partial charge in [0.15, 0.2) is 0 Å². The van der Waals surface area contributed by atoms with Gasteiger partial charge in [-0.1, -0.05) is 0 Å². The van der Waals surface area contributed by atoms with Gasteiger partial charge in [0, 0.05) is 24.7 Å². The molecule has 21 heavy (non-hydrogen) atoms. The number of carbonyl (C=O) groups is 1. The molecule has 0 aliphatic rings. The van der Waals surface area contributed by atoms with E-state index in [4.69, 9.17) is 5.73 Å². The lowest BCUT2D eigenvalue weighted by Crippen LogP contribution is -2.32. The van der Waals surface area contributed by atoms with Gasteiger partial charge in [-0.25, -0.2) is 4.39 Å². The first kappa shape index (κ1) is 17.8. The van der Waals surface area contributed by atoms with Crippen LogP contribution in [0.3, 0.4) is 0 Å². The summed E-state index contributed by atoms with van der Waals surface area (Å²) in [4.78, 5) is 14.0. The van der Waals surface area contributed by atoms with Crippen molar-refractivity contribution in [1.82, 2.24) is 4.90 Å². The van der Waals surface area contributed by atoms with Crippen molar-refractivity contribution in [3.63, 3.8) is 0 Å². The van der Waals surface area contributed by atoms with Gasteiger partial charge in [-0.2, -0.15) is 11.8 Å². The van der Waals surface area contributed by atoms with E-state index < -0.39 is 5.82 Å². The Kier molecular flexibility index (Phi) is 7.53. The van der Waals surface area contributed by atoms with Crippen LogP contribution in [-0.2, 0) is 4.79 Å². The van der Waals surface area contributed by atoms with Crippen molar-refractivity contribution in [3.05, 3.63) is 24.0 Å². The molecule has 1 aromatic rings. The zero-order valence-electron chi connectivity index (χ0n) is 12.9. The van der Waals surface area contributed by atoms with E-state index in [1.165, 1.54) is 18.2 Å². The Labute approximate surface area is 130 Å². The number of nitrogens with one attached hydrogen (secondary N) is 1. The molecule has 0 saturated carbocycles. The highest BCUT2D eigenvalue weighted by atomic mass is 32.2. The molecule has 0 aliphatic carbocycles. The Morgan fingerprint density at radius 3 is 2.86 bits per heavy atom. The number of nitrogen functional groups attached to an aromatic ring is 1. The Balaban J connectivity index is 2.38. The first-order valence-electron chi connectivity index (χ1n) is 6.98. The number of halogens is 1. The molecule has 118 valence electrons. The van der Waals surface area contributed by atoms with Crippen LogP contribution in [0.25, 0.3) is 0 Å². The smallest absolute Gasteiger partial charge is 0.225 e. The van der Waals surface area contributed by atoms with Gasteiger partial charge in [-0.3, -0.25) is 4.79 Å². The highest BCUT2D eigenvalue weighted by Gasteiger charge is 2.11. The van der Waals surface area contributed by atoms with E-state index in [9.17, 15) is 9.18 Å². The van der Waals surface area contributed by atoms with E-state index in [1.54, 1.807) is 0 Å². The van der Waals surface area contributed by atoms with Crippen LogP contribution in [0.2, 0.25) is 0 Å². The van der Waals surface area contributed by atoms with Crippen molar-refractivity contribution >= 4 is 29.0 Å². The molecular weight excluding hydrogens is 289 g/mol. The SMILES string of the molecule is CSCCC(C)N(C)CCC(=O)Nc1ccc(F)c(N)c1. The third-order valence-electron chi connectivity index (χ3n) is 3.46. The first-order chi connectivity index (χ1) is 9.93. The van der Waals surface area contributed by atoms with Crippen LogP contribution < -0.4 is 11.1 Å². The summed E-state index contributed by atoms with van der Waals surface area (Å²) in [6.07, 6.45) is 3.60. The molecule has 0 heterocycles. The standard InChI is InChI=1S/C15H24FN3OS/c1-11(7-9-21-3)19(2)8-6-15(20)18-12-4-5-13(16)14(17)10-12/h4-5,10-11H,6-9,17H2,1-3H3,(H,18,20). The topological polar surface area (TPSA) is 58.4 Å². The fourth-order valence-corrected chi connectivity index (χ4v) is 2.43. The summed E-state index contributed by atoms with van der Waals surface area (Å²) in [7, 11) is 2.02. The summed E-state index contributed by atoms with van der Waals surface area (Å²) < 4.78 is 13.0. The third kappa shape index (κ3) is 6.35. The molecule has 0 radical (unpaired) electrons. The van der Waals surface area contributed by atoms with Gasteiger partial charge in [-0.15, -0.1) is 0 Å². The quantitative estimate of drug-likeness (QED) is 0.725. The van der Waals surface area contributed by atoms with E-state index in [0.717, 1.165) is 12.2 Å².